The lowest BCUT2D eigenvalue weighted by molar-refractivity contribution is 0.436. The zero-order chi connectivity index (χ0) is 15.4. The summed E-state index contributed by atoms with van der Waals surface area (Å²) in [5.41, 5.74) is 2.43. The molecule has 3 rings (SSSR count). The number of anilines is 3. The van der Waals surface area contributed by atoms with Crippen LogP contribution in [-0.2, 0) is 6.42 Å². The molecule has 1 aromatic heterocycles. The lowest BCUT2D eigenvalue weighted by Crippen LogP contribution is -2.33. The number of piperidine rings is 1. The summed E-state index contributed by atoms with van der Waals surface area (Å²) in [4.78, 5) is 11.2. The van der Waals surface area contributed by atoms with E-state index in [-0.39, 0.29) is 0 Å². The van der Waals surface area contributed by atoms with Gasteiger partial charge in [-0.15, -0.1) is 0 Å². The first-order valence-corrected chi connectivity index (χ1v) is 8.18. The highest BCUT2D eigenvalue weighted by Gasteiger charge is 2.17. The van der Waals surface area contributed by atoms with E-state index in [4.69, 9.17) is 0 Å². The summed E-state index contributed by atoms with van der Waals surface area (Å²) in [6, 6.07) is 10.4. The van der Waals surface area contributed by atoms with Crippen molar-refractivity contribution < 1.29 is 0 Å². The zero-order valence-corrected chi connectivity index (χ0v) is 13.4. The molecule has 1 aliphatic heterocycles. The smallest absolute Gasteiger partial charge is 0.135 e. The van der Waals surface area contributed by atoms with Gasteiger partial charge < -0.3 is 10.2 Å². The van der Waals surface area contributed by atoms with Gasteiger partial charge in [0.15, 0.2) is 0 Å². The third kappa shape index (κ3) is 3.38. The van der Waals surface area contributed by atoms with E-state index >= 15 is 0 Å². The first-order chi connectivity index (χ1) is 10.8. The summed E-state index contributed by atoms with van der Waals surface area (Å²) >= 11 is 0. The highest BCUT2D eigenvalue weighted by atomic mass is 15.2. The van der Waals surface area contributed by atoms with E-state index in [2.05, 4.69) is 64.4 Å². The standard InChI is InChI=1S/C18H24N4/c1-3-15-6-4-5-7-16(15)21-17-12-18(20-13-19-17)22-10-8-14(2)9-11-22/h4-7,12-14H,3,8-11H2,1-2H3,(H,19,20,21). The van der Waals surface area contributed by atoms with Gasteiger partial charge in [0.05, 0.1) is 0 Å². The van der Waals surface area contributed by atoms with E-state index in [0.29, 0.717) is 0 Å². The number of benzene rings is 1. The van der Waals surface area contributed by atoms with Crippen LogP contribution in [0.25, 0.3) is 0 Å². The van der Waals surface area contributed by atoms with Crippen molar-refractivity contribution in [3.63, 3.8) is 0 Å². The molecule has 0 saturated carbocycles. The minimum Gasteiger partial charge on any atom is -0.356 e. The van der Waals surface area contributed by atoms with Crippen molar-refractivity contribution in [2.24, 2.45) is 5.92 Å². The lowest BCUT2D eigenvalue weighted by Gasteiger charge is -2.31. The maximum atomic E-state index is 4.45. The fourth-order valence-electron chi connectivity index (χ4n) is 2.91. The van der Waals surface area contributed by atoms with Crippen molar-refractivity contribution in [1.82, 2.24) is 9.97 Å². The Labute approximate surface area is 132 Å². The van der Waals surface area contributed by atoms with Crippen LogP contribution >= 0.6 is 0 Å². The molecule has 1 N–H and O–H groups in total. The first-order valence-electron chi connectivity index (χ1n) is 8.18. The van der Waals surface area contributed by atoms with Gasteiger partial charge in [-0.05, 0) is 36.8 Å². The van der Waals surface area contributed by atoms with Gasteiger partial charge in [0, 0.05) is 24.8 Å². The molecule has 4 nitrogen and oxygen atoms in total. The lowest BCUT2D eigenvalue weighted by atomic mass is 9.99. The molecule has 0 amide bonds. The number of aromatic nitrogens is 2. The van der Waals surface area contributed by atoms with Crippen LogP contribution in [0.15, 0.2) is 36.7 Å². The fourth-order valence-corrected chi connectivity index (χ4v) is 2.91. The Morgan fingerprint density at radius 3 is 2.73 bits per heavy atom. The van der Waals surface area contributed by atoms with Crippen LogP contribution in [0.1, 0.15) is 32.3 Å². The molecule has 116 valence electrons. The van der Waals surface area contributed by atoms with Crippen LogP contribution in [0.3, 0.4) is 0 Å². The van der Waals surface area contributed by atoms with Gasteiger partial charge in [0.25, 0.3) is 0 Å². The van der Waals surface area contributed by atoms with Crippen LogP contribution in [0.2, 0.25) is 0 Å². The van der Waals surface area contributed by atoms with E-state index in [1.165, 1.54) is 18.4 Å². The summed E-state index contributed by atoms with van der Waals surface area (Å²) in [5, 5.41) is 3.43. The van der Waals surface area contributed by atoms with Crippen LogP contribution in [0.4, 0.5) is 17.3 Å². The summed E-state index contributed by atoms with van der Waals surface area (Å²) in [6.07, 6.45) is 5.15. The van der Waals surface area contributed by atoms with Crippen molar-refractivity contribution in [2.75, 3.05) is 23.3 Å². The summed E-state index contributed by atoms with van der Waals surface area (Å²) < 4.78 is 0. The number of nitrogens with one attached hydrogen (secondary N) is 1. The number of para-hydroxylation sites is 1. The van der Waals surface area contributed by atoms with E-state index in [1.54, 1.807) is 6.33 Å². The molecule has 0 atom stereocenters. The van der Waals surface area contributed by atoms with Crippen LogP contribution in [0.5, 0.6) is 0 Å². The molecule has 4 heteroatoms. The normalized spacial score (nSPS) is 15.8. The molecule has 1 saturated heterocycles. The maximum absolute atomic E-state index is 4.45. The van der Waals surface area contributed by atoms with Crippen molar-refractivity contribution in [3.05, 3.63) is 42.2 Å². The minimum absolute atomic E-state index is 0.826. The Hall–Kier alpha value is -2.10. The topological polar surface area (TPSA) is 41.0 Å². The molecule has 1 fully saturated rings. The van der Waals surface area contributed by atoms with Gasteiger partial charge in [-0.1, -0.05) is 32.0 Å². The van der Waals surface area contributed by atoms with Gasteiger partial charge >= 0.3 is 0 Å². The van der Waals surface area contributed by atoms with Gasteiger partial charge in [-0.2, -0.15) is 0 Å². The maximum Gasteiger partial charge on any atom is 0.135 e. The quantitative estimate of drug-likeness (QED) is 0.925. The van der Waals surface area contributed by atoms with Crippen LogP contribution < -0.4 is 10.2 Å². The zero-order valence-electron chi connectivity index (χ0n) is 13.4. The van der Waals surface area contributed by atoms with Crippen LogP contribution in [-0.4, -0.2) is 23.1 Å². The summed E-state index contributed by atoms with van der Waals surface area (Å²) in [7, 11) is 0. The highest BCUT2D eigenvalue weighted by molar-refractivity contribution is 5.62. The number of hydrogen-bond acceptors (Lipinski definition) is 4. The Balaban J connectivity index is 1.76. The first kappa shape index (κ1) is 14.8. The predicted octanol–water partition coefficient (Wildman–Crippen LogP) is 4.02. The largest absolute Gasteiger partial charge is 0.356 e. The van der Waals surface area contributed by atoms with Crippen LogP contribution in [0, 0.1) is 5.92 Å². The van der Waals surface area contributed by atoms with Gasteiger partial charge in [0.2, 0.25) is 0 Å². The summed E-state index contributed by atoms with van der Waals surface area (Å²) in [6.45, 7) is 6.67. The monoisotopic (exact) mass is 296 g/mol. The number of aryl methyl sites for hydroxylation is 1. The minimum atomic E-state index is 0.826. The Bertz CT molecular complexity index is 618. The fraction of sp³-hybridized carbons (Fsp3) is 0.444. The molecule has 2 aromatic rings. The number of hydrogen-bond donors (Lipinski definition) is 1. The Morgan fingerprint density at radius 1 is 1.18 bits per heavy atom. The second kappa shape index (κ2) is 6.77. The van der Waals surface area contributed by atoms with E-state index in [0.717, 1.165) is 42.8 Å². The van der Waals surface area contributed by atoms with Crippen molar-refractivity contribution in [1.29, 1.82) is 0 Å². The molecule has 0 spiro atoms. The molecule has 0 unspecified atom stereocenters. The molecule has 0 aliphatic carbocycles. The molecule has 1 aliphatic rings. The molecule has 1 aromatic carbocycles. The molecular weight excluding hydrogens is 272 g/mol. The Kier molecular flexibility index (Phi) is 4.56. The molecule has 2 heterocycles. The average Bonchev–Trinajstić information content (AvgIpc) is 2.56. The van der Waals surface area contributed by atoms with Gasteiger partial charge in [0.1, 0.15) is 18.0 Å². The van der Waals surface area contributed by atoms with E-state index in [1.807, 2.05) is 0 Å². The van der Waals surface area contributed by atoms with Crippen molar-refractivity contribution in [2.45, 2.75) is 33.1 Å². The predicted molar refractivity (Wildman–Crippen MR) is 91.7 cm³/mol. The highest BCUT2D eigenvalue weighted by Crippen LogP contribution is 2.25. The van der Waals surface area contributed by atoms with Crippen molar-refractivity contribution >= 4 is 17.3 Å². The van der Waals surface area contributed by atoms with Gasteiger partial charge in [-0.25, -0.2) is 9.97 Å². The van der Waals surface area contributed by atoms with E-state index < -0.39 is 0 Å². The molecular formula is C18H24N4. The molecule has 0 radical (unpaired) electrons. The average molecular weight is 296 g/mol. The molecule has 0 bridgehead atoms. The summed E-state index contributed by atoms with van der Waals surface area (Å²) in [5.74, 6) is 2.72. The number of rotatable bonds is 4. The SMILES string of the molecule is CCc1ccccc1Nc1cc(N2CCC(C)CC2)ncn1. The molecule has 22 heavy (non-hydrogen) atoms. The van der Waals surface area contributed by atoms with Crippen molar-refractivity contribution in [3.8, 4) is 0 Å². The Morgan fingerprint density at radius 2 is 1.95 bits per heavy atom. The second-order valence-electron chi connectivity index (χ2n) is 6.07. The third-order valence-electron chi connectivity index (χ3n) is 4.42. The number of nitrogens with zero attached hydrogens (tertiary/aromatic N) is 3. The van der Waals surface area contributed by atoms with E-state index in [9.17, 15) is 0 Å². The van der Waals surface area contributed by atoms with Gasteiger partial charge in [-0.3, -0.25) is 0 Å². The second-order valence-corrected chi connectivity index (χ2v) is 6.07. The third-order valence-corrected chi connectivity index (χ3v) is 4.42.